The Morgan fingerprint density at radius 3 is 2.46 bits per heavy atom. The van der Waals surface area contributed by atoms with Gasteiger partial charge in [0.15, 0.2) is 0 Å². The smallest absolute Gasteiger partial charge is 0.416 e. The van der Waals surface area contributed by atoms with Crippen LogP contribution < -0.4 is 5.32 Å². The average molecular weight is 375 g/mol. The van der Waals surface area contributed by atoms with Gasteiger partial charge in [0.2, 0.25) is 5.91 Å². The number of rotatable bonds is 8. The Hall–Kier alpha value is -2.58. The second-order valence-corrected chi connectivity index (χ2v) is 5.72. The van der Waals surface area contributed by atoms with Crippen LogP contribution in [0.25, 0.3) is 0 Å². The molecule has 2 atom stereocenters. The van der Waals surface area contributed by atoms with Crippen molar-refractivity contribution in [1.29, 1.82) is 0 Å². The third-order valence-corrected chi connectivity index (χ3v) is 3.53. The molecular weight excluding hydrogens is 355 g/mol. The fourth-order valence-corrected chi connectivity index (χ4v) is 2.24. The van der Waals surface area contributed by atoms with E-state index < -0.39 is 48.0 Å². The maximum absolute atomic E-state index is 12.7. The first-order valence-corrected chi connectivity index (χ1v) is 7.89. The van der Waals surface area contributed by atoms with Gasteiger partial charge >= 0.3 is 18.1 Å². The largest absolute Gasteiger partial charge is 0.480 e. The monoisotopic (exact) mass is 375 g/mol. The predicted molar refractivity (Wildman–Crippen MR) is 85.1 cm³/mol. The quantitative estimate of drug-likeness (QED) is 0.681. The summed E-state index contributed by atoms with van der Waals surface area (Å²) in [5.74, 6) is -3.46. The molecule has 0 aromatic heterocycles. The minimum Gasteiger partial charge on any atom is -0.480 e. The number of hydrogen-bond donors (Lipinski definition) is 2. The zero-order chi connectivity index (χ0) is 19.9. The van der Waals surface area contributed by atoms with Gasteiger partial charge in [0.05, 0.1) is 24.5 Å². The first kappa shape index (κ1) is 21.5. The van der Waals surface area contributed by atoms with Crippen molar-refractivity contribution in [2.75, 3.05) is 6.61 Å². The highest BCUT2D eigenvalue weighted by Gasteiger charge is 2.31. The molecule has 0 fully saturated rings. The standard InChI is InChI=1S/C17H20F3NO5/c1-3-26-16(25)10(2)7-13(15(23)24)21-14(22)9-11-5-4-6-12(8-11)17(18,19)20/h4-6,8,10,13H,3,7,9H2,1-2H3,(H,21,22)(H,23,24)/t10-,13+/m0/s1. The molecule has 9 heteroatoms. The summed E-state index contributed by atoms with van der Waals surface area (Å²) in [4.78, 5) is 34.8. The van der Waals surface area contributed by atoms with Gasteiger partial charge in [-0.05, 0) is 25.0 Å². The number of alkyl halides is 3. The molecule has 1 aromatic carbocycles. The summed E-state index contributed by atoms with van der Waals surface area (Å²) in [6, 6.07) is 2.86. The topological polar surface area (TPSA) is 92.7 Å². The van der Waals surface area contributed by atoms with Crippen molar-refractivity contribution in [3.05, 3.63) is 35.4 Å². The number of hydrogen-bond acceptors (Lipinski definition) is 4. The Kier molecular flexibility index (Phi) is 7.60. The number of aliphatic carboxylic acids is 1. The van der Waals surface area contributed by atoms with Crippen LogP contribution in [0.15, 0.2) is 24.3 Å². The first-order chi connectivity index (χ1) is 12.0. The molecule has 0 spiro atoms. The Labute approximate surface area is 148 Å². The van der Waals surface area contributed by atoms with E-state index in [4.69, 9.17) is 4.74 Å². The molecule has 0 unspecified atom stereocenters. The van der Waals surface area contributed by atoms with E-state index in [0.29, 0.717) is 0 Å². The molecule has 2 N–H and O–H groups in total. The normalized spacial score (nSPS) is 13.6. The van der Waals surface area contributed by atoms with Gasteiger partial charge in [-0.25, -0.2) is 4.79 Å². The molecule has 0 aliphatic heterocycles. The molecule has 0 heterocycles. The number of carbonyl (C=O) groups excluding carboxylic acids is 2. The molecule has 6 nitrogen and oxygen atoms in total. The Morgan fingerprint density at radius 1 is 1.27 bits per heavy atom. The SMILES string of the molecule is CCOC(=O)[C@@H](C)C[C@@H](NC(=O)Cc1cccc(C(F)(F)F)c1)C(=O)O. The van der Waals surface area contributed by atoms with Gasteiger partial charge < -0.3 is 15.2 Å². The van der Waals surface area contributed by atoms with Gasteiger partial charge in [-0.1, -0.05) is 25.1 Å². The summed E-state index contributed by atoms with van der Waals surface area (Å²) in [5.41, 5.74) is -0.798. The van der Waals surface area contributed by atoms with Crippen LogP contribution in [0, 0.1) is 5.92 Å². The van der Waals surface area contributed by atoms with Crippen LogP contribution >= 0.6 is 0 Å². The zero-order valence-electron chi connectivity index (χ0n) is 14.3. The van der Waals surface area contributed by atoms with Crippen LogP contribution in [-0.4, -0.2) is 35.6 Å². The second kappa shape index (κ2) is 9.21. The Bertz CT molecular complexity index is 660. The zero-order valence-corrected chi connectivity index (χ0v) is 14.3. The number of benzene rings is 1. The number of amides is 1. The summed E-state index contributed by atoms with van der Waals surface area (Å²) < 4.78 is 42.8. The van der Waals surface area contributed by atoms with Gasteiger partial charge in [0.1, 0.15) is 6.04 Å². The Balaban J connectivity index is 2.74. The van der Waals surface area contributed by atoms with Crippen LogP contribution in [0.5, 0.6) is 0 Å². The molecule has 26 heavy (non-hydrogen) atoms. The van der Waals surface area contributed by atoms with Crippen molar-refractivity contribution >= 4 is 17.8 Å². The predicted octanol–water partition coefficient (Wildman–Crippen LogP) is 2.41. The minimum absolute atomic E-state index is 0.0971. The number of halogens is 3. The maximum Gasteiger partial charge on any atom is 0.416 e. The number of nitrogens with one attached hydrogen (secondary N) is 1. The van der Waals surface area contributed by atoms with E-state index in [0.717, 1.165) is 12.1 Å². The van der Waals surface area contributed by atoms with Gasteiger partial charge in [-0.3, -0.25) is 9.59 Å². The van der Waals surface area contributed by atoms with E-state index in [9.17, 15) is 32.7 Å². The van der Waals surface area contributed by atoms with Gasteiger partial charge in [-0.2, -0.15) is 13.2 Å². The van der Waals surface area contributed by atoms with Crippen LogP contribution in [0.1, 0.15) is 31.4 Å². The minimum atomic E-state index is -4.54. The van der Waals surface area contributed by atoms with Crippen molar-refractivity contribution in [2.45, 2.75) is 38.9 Å². The molecule has 1 rings (SSSR count). The lowest BCUT2D eigenvalue weighted by molar-refractivity contribution is -0.149. The first-order valence-electron chi connectivity index (χ1n) is 7.89. The molecule has 0 bridgehead atoms. The third kappa shape index (κ3) is 6.73. The number of carboxylic acids is 1. The van der Waals surface area contributed by atoms with Gasteiger partial charge in [0, 0.05) is 0 Å². The lowest BCUT2D eigenvalue weighted by atomic mass is 10.0. The van der Waals surface area contributed by atoms with Crippen molar-refractivity contribution < 1.29 is 37.4 Å². The van der Waals surface area contributed by atoms with E-state index >= 15 is 0 Å². The number of ether oxygens (including phenoxy) is 1. The van der Waals surface area contributed by atoms with Crippen molar-refractivity contribution in [1.82, 2.24) is 5.32 Å². The lowest BCUT2D eigenvalue weighted by Gasteiger charge is -2.18. The summed E-state index contributed by atoms with van der Waals surface area (Å²) in [5, 5.41) is 11.4. The Morgan fingerprint density at radius 2 is 1.92 bits per heavy atom. The average Bonchev–Trinajstić information content (AvgIpc) is 2.53. The molecular formula is C17H20F3NO5. The van der Waals surface area contributed by atoms with Crippen LogP contribution in [0.3, 0.4) is 0 Å². The lowest BCUT2D eigenvalue weighted by Crippen LogP contribution is -2.43. The number of esters is 1. The molecule has 0 radical (unpaired) electrons. The molecule has 0 aliphatic carbocycles. The summed E-state index contributed by atoms with van der Waals surface area (Å²) in [6.45, 7) is 3.21. The van der Waals surface area contributed by atoms with E-state index in [1.54, 1.807) is 6.92 Å². The van der Waals surface area contributed by atoms with Crippen molar-refractivity contribution in [3.63, 3.8) is 0 Å². The molecule has 1 amide bonds. The molecule has 0 saturated heterocycles. The molecule has 0 aliphatic rings. The number of carbonyl (C=O) groups is 3. The highest BCUT2D eigenvalue weighted by molar-refractivity contribution is 5.85. The number of carboxylic acid groups (broad SMARTS) is 1. The highest BCUT2D eigenvalue weighted by atomic mass is 19.4. The summed E-state index contributed by atoms with van der Waals surface area (Å²) >= 11 is 0. The molecule has 144 valence electrons. The van der Waals surface area contributed by atoms with E-state index in [-0.39, 0.29) is 18.6 Å². The van der Waals surface area contributed by atoms with Crippen molar-refractivity contribution in [3.8, 4) is 0 Å². The van der Waals surface area contributed by atoms with Crippen LogP contribution in [0.2, 0.25) is 0 Å². The second-order valence-electron chi connectivity index (χ2n) is 5.72. The summed E-state index contributed by atoms with van der Waals surface area (Å²) in [6.07, 6.45) is -5.14. The van der Waals surface area contributed by atoms with Crippen molar-refractivity contribution in [2.24, 2.45) is 5.92 Å². The summed E-state index contributed by atoms with van der Waals surface area (Å²) in [7, 11) is 0. The van der Waals surface area contributed by atoms with Crippen LogP contribution in [-0.2, 0) is 31.7 Å². The molecule has 1 aromatic rings. The fraction of sp³-hybridized carbons (Fsp3) is 0.471. The molecule has 0 saturated carbocycles. The maximum atomic E-state index is 12.7. The van der Waals surface area contributed by atoms with E-state index in [1.165, 1.54) is 19.1 Å². The third-order valence-electron chi connectivity index (χ3n) is 3.53. The van der Waals surface area contributed by atoms with Gasteiger partial charge in [-0.15, -0.1) is 0 Å². The van der Waals surface area contributed by atoms with Gasteiger partial charge in [0.25, 0.3) is 0 Å². The fourth-order valence-electron chi connectivity index (χ4n) is 2.24. The van der Waals surface area contributed by atoms with E-state index in [1.807, 2.05) is 0 Å². The highest BCUT2D eigenvalue weighted by Crippen LogP contribution is 2.29. The van der Waals surface area contributed by atoms with Crippen LogP contribution in [0.4, 0.5) is 13.2 Å². The van der Waals surface area contributed by atoms with E-state index in [2.05, 4.69) is 5.32 Å².